The molecule has 0 aliphatic carbocycles. The summed E-state index contributed by atoms with van der Waals surface area (Å²) in [6.45, 7) is 0.363. The third-order valence-corrected chi connectivity index (χ3v) is 3.29. The third kappa shape index (κ3) is 2.71. The zero-order chi connectivity index (χ0) is 14.7. The normalized spacial score (nSPS) is 10.4. The van der Waals surface area contributed by atoms with Crippen LogP contribution in [0.5, 0.6) is 11.5 Å². The molecule has 2 rings (SSSR count). The lowest BCUT2D eigenvalue weighted by Crippen LogP contribution is -2.00. The van der Waals surface area contributed by atoms with Crippen molar-refractivity contribution < 1.29 is 13.9 Å². The molecule has 0 fully saturated rings. The maximum absolute atomic E-state index is 13.3. The van der Waals surface area contributed by atoms with Crippen LogP contribution in [-0.4, -0.2) is 14.2 Å². The molecule has 0 aromatic heterocycles. The molecule has 0 saturated carbocycles. The molecule has 0 unspecified atom stereocenters. The highest BCUT2D eigenvalue weighted by Crippen LogP contribution is 2.40. The zero-order valence-corrected chi connectivity index (χ0v) is 12.0. The SMILES string of the molecule is COc1cc(CN)cc(-c2ccc(F)c(Cl)c2)c1OC. The lowest BCUT2D eigenvalue weighted by molar-refractivity contribution is 0.355. The second kappa shape index (κ2) is 6.11. The van der Waals surface area contributed by atoms with Gasteiger partial charge in [0.2, 0.25) is 0 Å². The van der Waals surface area contributed by atoms with Crippen molar-refractivity contribution >= 4 is 11.6 Å². The Bertz CT molecular complexity index is 632. The molecule has 3 nitrogen and oxygen atoms in total. The second-order valence-electron chi connectivity index (χ2n) is 4.21. The predicted molar refractivity (Wildman–Crippen MR) is 77.8 cm³/mol. The van der Waals surface area contributed by atoms with Gasteiger partial charge in [-0.3, -0.25) is 0 Å². The summed E-state index contributed by atoms with van der Waals surface area (Å²) in [5.41, 5.74) is 8.07. The molecule has 0 radical (unpaired) electrons. The molecule has 0 heterocycles. The maximum atomic E-state index is 13.3. The third-order valence-electron chi connectivity index (χ3n) is 3.00. The van der Waals surface area contributed by atoms with Gasteiger partial charge in [0.15, 0.2) is 11.5 Å². The van der Waals surface area contributed by atoms with Crippen LogP contribution in [0.15, 0.2) is 30.3 Å². The molecule has 5 heteroatoms. The Morgan fingerprint density at radius 1 is 1.15 bits per heavy atom. The topological polar surface area (TPSA) is 44.5 Å². The van der Waals surface area contributed by atoms with Crippen molar-refractivity contribution in [2.45, 2.75) is 6.54 Å². The van der Waals surface area contributed by atoms with E-state index in [2.05, 4.69) is 0 Å². The highest BCUT2D eigenvalue weighted by Gasteiger charge is 2.14. The van der Waals surface area contributed by atoms with Crippen LogP contribution in [0.4, 0.5) is 4.39 Å². The van der Waals surface area contributed by atoms with Crippen molar-refractivity contribution in [3.63, 3.8) is 0 Å². The van der Waals surface area contributed by atoms with Crippen molar-refractivity contribution in [3.8, 4) is 22.6 Å². The van der Waals surface area contributed by atoms with Crippen LogP contribution in [0.1, 0.15) is 5.56 Å². The predicted octanol–water partition coefficient (Wildman–Crippen LogP) is 3.62. The van der Waals surface area contributed by atoms with Gasteiger partial charge in [-0.2, -0.15) is 0 Å². The summed E-state index contributed by atoms with van der Waals surface area (Å²) in [6.07, 6.45) is 0. The summed E-state index contributed by atoms with van der Waals surface area (Å²) in [5.74, 6) is 0.676. The first-order valence-electron chi connectivity index (χ1n) is 6.01. The van der Waals surface area contributed by atoms with Gasteiger partial charge < -0.3 is 15.2 Å². The second-order valence-corrected chi connectivity index (χ2v) is 4.62. The van der Waals surface area contributed by atoms with Crippen LogP contribution in [0.3, 0.4) is 0 Å². The van der Waals surface area contributed by atoms with Gasteiger partial charge in [0.1, 0.15) is 5.82 Å². The monoisotopic (exact) mass is 295 g/mol. The standard InChI is InChI=1S/C15H15ClFNO2/c1-19-14-6-9(8-18)5-11(15(14)20-2)10-3-4-13(17)12(16)7-10/h3-7H,8,18H2,1-2H3. The van der Waals surface area contributed by atoms with E-state index in [1.165, 1.54) is 6.07 Å². The number of hydrogen-bond acceptors (Lipinski definition) is 3. The van der Waals surface area contributed by atoms with Gasteiger partial charge in [-0.1, -0.05) is 17.7 Å². The molecule has 0 aliphatic heterocycles. The summed E-state index contributed by atoms with van der Waals surface area (Å²) in [5, 5.41) is 0.0571. The van der Waals surface area contributed by atoms with E-state index >= 15 is 0 Å². The first-order valence-corrected chi connectivity index (χ1v) is 6.39. The fourth-order valence-electron chi connectivity index (χ4n) is 2.02. The molecule has 2 aromatic rings. The quantitative estimate of drug-likeness (QED) is 0.937. The fraction of sp³-hybridized carbons (Fsp3) is 0.200. The number of nitrogens with two attached hydrogens (primary N) is 1. The maximum Gasteiger partial charge on any atom is 0.168 e. The lowest BCUT2D eigenvalue weighted by Gasteiger charge is -2.15. The first kappa shape index (κ1) is 14.6. The summed E-state index contributed by atoms with van der Waals surface area (Å²) in [6, 6.07) is 8.20. The minimum Gasteiger partial charge on any atom is -0.493 e. The van der Waals surface area contributed by atoms with E-state index in [0.29, 0.717) is 18.0 Å². The van der Waals surface area contributed by atoms with Crippen molar-refractivity contribution in [2.24, 2.45) is 5.73 Å². The molecular formula is C15H15ClFNO2. The molecule has 20 heavy (non-hydrogen) atoms. The van der Waals surface area contributed by atoms with Gasteiger partial charge in [0, 0.05) is 12.1 Å². The smallest absolute Gasteiger partial charge is 0.168 e. The van der Waals surface area contributed by atoms with Crippen molar-refractivity contribution in [3.05, 3.63) is 46.7 Å². The summed E-state index contributed by atoms with van der Waals surface area (Å²) in [4.78, 5) is 0. The zero-order valence-electron chi connectivity index (χ0n) is 11.2. The van der Waals surface area contributed by atoms with Crippen molar-refractivity contribution in [1.29, 1.82) is 0 Å². The van der Waals surface area contributed by atoms with E-state index in [1.54, 1.807) is 26.4 Å². The molecule has 0 atom stereocenters. The van der Waals surface area contributed by atoms with Gasteiger partial charge in [-0.25, -0.2) is 4.39 Å². The highest BCUT2D eigenvalue weighted by molar-refractivity contribution is 6.31. The summed E-state index contributed by atoms with van der Waals surface area (Å²) >= 11 is 5.83. The number of rotatable bonds is 4. The van der Waals surface area contributed by atoms with Crippen LogP contribution < -0.4 is 15.2 Å². The first-order chi connectivity index (χ1) is 9.60. The number of ether oxygens (including phenoxy) is 2. The molecule has 106 valence electrons. The van der Waals surface area contributed by atoms with Gasteiger partial charge in [0.05, 0.1) is 19.2 Å². The Hall–Kier alpha value is -1.78. The minimum absolute atomic E-state index is 0.0571. The average molecular weight is 296 g/mol. The van der Waals surface area contributed by atoms with Crippen LogP contribution in [0, 0.1) is 5.82 Å². The molecule has 2 aromatic carbocycles. The lowest BCUT2D eigenvalue weighted by atomic mass is 10.0. The van der Waals surface area contributed by atoms with E-state index in [1.807, 2.05) is 12.1 Å². The number of halogens is 2. The van der Waals surface area contributed by atoms with E-state index in [0.717, 1.165) is 16.7 Å². The van der Waals surface area contributed by atoms with Crippen molar-refractivity contribution in [1.82, 2.24) is 0 Å². The fourth-order valence-corrected chi connectivity index (χ4v) is 2.20. The van der Waals surface area contributed by atoms with E-state index in [-0.39, 0.29) is 5.02 Å². The van der Waals surface area contributed by atoms with Gasteiger partial charge >= 0.3 is 0 Å². The van der Waals surface area contributed by atoms with Gasteiger partial charge in [0.25, 0.3) is 0 Å². The van der Waals surface area contributed by atoms with Crippen molar-refractivity contribution in [2.75, 3.05) is 14.2 Å². The Balaban J connectivity index is 2.67. The number of hydrogen-bond donors (Lipinski definition) is 1. The Kier molecular flexibility index (Phi) is 4.47. The van der Waals surface area contributed by atoms with Crippen LogP contribution in [0.2, 0.25) is 5.02 Å². The Morgan fingerprint density at radius 3 is 2.45 bits per heavy atom. The summed E-state index contributed by atoms with van der Waals surface area (Å²) < 4.78 is 24.0. The largest absolute Gasteiger partial charge is 0.493 e. The van der Waals surface area contributed by atoms with Crippen LogP contribution >= 0.6 is 11.6 Å². The number of methoxy groups -OCH3 is 2. The summed E-state index contributed by atoms with van der Waals surface area (Å²) in [7, 11) is 3.11. The Morgan fingerprint density at radius 2 is 1.90 bits per heavy atom. The molecule has 0 amide bonds. The molecule has 0 saturated heterocycles. The van der Waals surface area contributed by atoms with E-state index in [4.69, 9.17) is 26.8 Å². The average Bonchev–Trinajstić information content (AvgIpc) is 2.48. The van der Waals surface area contributed by atoms with E-state index < -0.39 is 5.82 Å². The van der Waals surface area contributed by atoms with Gasteiger partial charge in [-0.15, -0.1) is 0 Å². The van der Waals surface area contributed by atoms with Crippen LogP contribution in [0.25, 0.3) is 11.1 Å². The van der Waals surface area contributed by atoms with E-state index in [9.17, 15) is 4.39 Å². The Labute approximate surface area is 122 Å². The molecular weight excluding hydrogens is 281 g/mol. The van der Waals surface area contributed by atoms with Gasteiger partial charge in [-0.05, 0) is 35.4 Å². The number of benzene rings is 2. The highest BCUT2D eigenvalue weighted by atomic mass is 35.5. The molecule has 0 bridgehead atoms. The molecule has 0 aliphatic rings. The molecule has 0 spiro atoms. The minimum atomic E-state index is -0.462. The van der Waals surface area contributed by atoms with Crippen LogP contribution in [-0.2, 0) is 6.54 Å². The molecule has 2 N–H and O–H groups in total.